The number of pyridine rings is 1. The first-order valence-electron chi connectivity index (χ1n) is 5.71. The molecule has 0 bridgehead atoms. The number of hydrogen-bond acceptors (Lipinski definition) is 7. The monoisotopic (exact) mass is 274 g/mol. The van der Waals surface area contributed by atoms with E-state index in [1.165, 1.54) is 12.1 Å². The molecule has 2 heterocycles. The molecule has 0 spiro atoms. The zero-order valence-corrected chi connectivity index (χ0v) is 10.2. The van der Waals surface area contributed by atoms with Crippen LogP contribution in [0, 0.1) is 10.1 Å². The smallest absolute Gasteiger partial charge is 0.311 e. The molecule has 1 aromatic carbocycles. The van der Waals surface area contributed by atoms with E-state index in [2.05, 4.69) is 10.3 Å². The quantitative estimate of drug-likeness (QED) is 0.650. The van der Waals surface area contributed by atoms with Gasteiger partial charge in [-0.15, -0.1) is 0 Å². The number of nitrogens with zero attached hydrogens (tertiary/aromatic N) is 2. The third-order valence-corrected chi connectivity index (χ3v) is 2.74. The Labute approximate surface area is 113 Å². The predicted octanol–water partition coefficient (Wildman–Crippen LogP) is 2.04. The van der Waals surface area contributed by atoms with E-state index in [1.54, 1.807) is 18.2 Å². The van der Waals surface area contributed by atoms with Crippen LogP contribution in [0.3, 0.4) is 0 Å². The van der Waals surface area contributed by atoms with Crippen molar-refractivity contribution in [1.82, 2.24) is 4.98 Å². The molecular formula is C12H10N4O4. The summed E-state index contributed by atoms with van der Waals surface area (Å²) in [7, 11) is 0. The lowest BCUT2D eigenvalue weighted by Crippen LogP contribution is -2.01. The number of nitro groups is 1. The summed E-state index contributed by atoms with van der Waals surface area (Å²) in [6.45, 7) is 0.196. The molecule has 0 unspecified atom stereocenters. The van der Waals surface area contributed by atoms with Gasteiger partial charge in [-0.2, -0.15) is 0 Å². The van der Waals surface area contributed by atoms with Gasteiger partial charge in [0.1, 0.15) is 5.82 Å². The van der Waals surface area contributed by atoms with Crippen LogP contribution in [0.1, 0.15) is 0 Å². The van der Waals surface area contributed by atoms with Crippen molar-refractivity contribution in [2.24, 2.45) is 0 Å². The molecule has 1 aromatic heterocycles. The molecule has 8 heteroatoms. The van der Waals surface area contributed by atoms with Crippen molar-refractivity contribution in [2.75, 3.05) is 17.8 Å². The summed E-state index contributed by atoms with van der Waals surface area (Å²) in [5.74, 6) is 1.57. The van der Waals surface area contributed by atoms with Gasteiger partial charge in [0.25, 0.3) is 0 Å². The first kappa shape index (κ1) is 12.0. The second kappa shape index (κ2) is 4.57. The van der Waals surface area contributed by atoms with Gasteiger partial charge in [-0.1, -0.05) is 0 Å². The molecule has 1 aliphatic heterocycles. The number of nitrogens with one attached hydrogen (secondary N) is 1. The van der Waals surface area contributed by atoms with Gasteiger partial charge in [0.2, 0.25) is 12.6 Å². The second-order valence-electron chi connectivity index (χ2n) is 4.05. The van der Waals surface area contributed by atoms with Crippen LogP contribution in [0.5, 0.6) is 11.5 Å². The highest BCUT2D eigenvalue weighted by atomic mass is 16.7. The van der Waals surface area contributed by atoms with E-state index >= 15 is 0 Å². The molecule has 0 radical (unpaired) electrons. The lowest BCUT2D eigenvalue weighted by molar-refractivity contribution is -0.384. The Morgan fingerprint density at radius 1 is 1.25 bits per heavy atom. The largest absolute Gasteiger partial charge is 0.454 e. The Balaban J connectivity index is 1.84. The van der Waals surface area contributed by atoms with E-state index < -0.39 is 4.92 Å². The first-order valence-corrected chi connectivity index (χ1v) is 5.71. The predicted molar refractivity (Wildman–Crippen MR) is 71.2 cm³/mol. The van der Waals surface area contributed by atoms with E-state index in [-0.39, 0.29) is 18.3 Å². The van der Waals surface area contributed by atoms with E-state index in [0.717, 1.165) is 5.69 Å². The molecule has 20 heavy (non-hydrogen) atoms. The normalized spacial score (nSPS) is 12.2. The van der Waals surface area contributed by atoms with Crippen LogP contribution in [-0.2, 0) is 0 Å². The maximum atomic E-state index is 10.7. The summed E-state index contributed by atoms with van der Waals surface area (Å²) in [4.78, 5) is 14.0. The van der Waals surface area contributed by atoms with E-state index in [1.807, 2.05) is 0 Å². The van der Waals surface area contributed by atoms with E-state index in [9.17, 15) is 10.1 Å². The molecule has 3 rings (SSSR count). The van der Waals surface area contributed by atoms with Crippen molar-refractivity contribution in [3.05, 3.63) is 40.4 Å². The summed E-state index contributed by atoms with van der Waals surface area (Å²) in [6.07, 6.45) is 0. The Bertz CT molecular complexity index is 689. The van der Waals surface area contributed by atoms with E-state index in [4.69, 9.17) is 15.2 Å². The molecule has 0 saturated carbocycles. The van der Waals surface area contributed by atoms with E-state index in [0.29, 0.717) is 17.3 Å². The van der Waals surface area contributed by atoms with Gasteiger partial charge in [0, 0.05) is 17.8 Å². The maximum Gasteiger partial charge on any atom is 0.311 e. The fourth-order valence-electron chi connectivity index (χ4n) is 1.81. The molecule has 0 saturated heterocycles. The molecular weight excluding hydrogens is 264 g/mol. The summed E-state index contributed by atoms with van der Waals surface area (Å²) in [5.41, 5.74) is 6.03. The van der Waals surface area contributed by atoms with Gasteiger partial charge in [0.15, 0.2) is 11.5 Å². The number of ether oxygens (including phenoxy) is 2. The Kier molecular flexibility index (Phi) is 2.75. The molecule has 8 nitrogen and oxygen atoms in total. The third-order valence-electron chi connectivity index (χ3n) is 2.74. The number of aromatic nitrogens is 1. The average Bonchev–Trinajstić information content (AvgIpc) is 2.85. The number of benzene rings is 1. The van der Waals surface area contributed by atoms with Gasteiger partial charge in [-0.3, -0.25) is 10.1 Å². The van der Waals surface area contributed by atoms with Crippen molar-refractivity contribution in [2.45, 2.75) is 0 Å². The highest BCUT2D eigenvalue weighted by molar-refractivity contribution is 5.65. The van der Waals surface area contributed by atoms with Crippen molar-refractivity contribution in [3.63, 3.8) is 0 Å². The summed E-state index contributed by atoms with van der Waals surface area (Å²) in [5, 5.41) is 13.6. The Morgan fingerprint density at radius 3 is 2.80 bits per heavy atom. The zero-order chi connectivity index (χ0) is 14.1. The lowest BCUT2D eigenvalue weighted by atomic mass is 10.2. The first-order chi connectivity index (χ1) is 9.63. The van der Waals surface area contributed by atoms with Crippen molar-refractivity contribution >= 4 is 23.0 Å². The fourth-order valence-corrected chi connectivity index (χ4v) is 1.81. The summed E-state index contributed by atoms with van der Waals surface area (Å²) < 4.78 is 10.5. The van der Waals surface area contributed by atoms with Crippen LogP contribution in [0.25, 0.3) is 0 Å². The van der Waals surface area contributed by atoms with Crippen LogP contribution >= 0.6 is 0 Å². The minimum absolute atomic E-state index is 0.138. The zero-order valence-electron chi connectivity index (χ0n) is 10.2. The fraction of sp³-hybridized carbons (Fsp3) is 0.0833. The summed E-state index contributed by atoms with van der Waals surface area (Å²) in [6, 6.07) is 8.09. The molecule has 0 amide bonds. The van der Waals surface area contributed by atoms with Gasteiger partial charge in [-0.05, 0) is 18.2 Å². The molecule has 0 fully saturated rings. The number of rotatable bonds is 3. The van der Waals surface area contributed by atoms with Crippen LogP contribution in [0.2, 0.25) is 0 Å². The van der Waals surface area contributed by atoms with Crippen LogP contribution in [0.4, 0.5) is 23.0 Å². The number of fused-ring (bicyclic) bond motifs is 1. The highest BCUT2D eigenvalue weighted by Gasteiger charge is 2.15. The topological polar surface area (TPSA) is 113 Å². The Hall–Kier alpha value is -3.03. The number of anilines is 3. The maximum absolute atomic E-state index is 10.7. The number of nitrogens with two attached hydrogens (primary N) is 1. The summed E-state index contributed by atoms with van der Waals surface area (Å²) >= 11 is 0. The molecule has 2 aromatic rings. The van der Waals surface area contributed by atoms with Crippen LogP contribution in [-0.4, -0.2) is 16.7 Å². The molecule has 0 atom stereocenters. The molecule has 102 valence electrons. The average molecular weight is 274 g/mol. The molecule has 3 N–H and O–H groups in total. The van der Waals surface area contributed by atoms with Gasteiger partial charge in [0.05, 0.1) is 4.92 Å². The van der Waals surface area contributed by atoms with Crippen LogP contribution in [0.15, 0.2) is 30.3 Å². The number of hydrogen-bond donors (Lipinski definition) is 2. The SMILES string of the molecule is Nc1nc(Nc2ccc3c(c2)OCO3)ccc1[N+](=O)[O-]. The van der Waals surface area contributed by atoms with Crippen LogP contribution < -0.4 is 20.5 Å². The highest BCUT2D eigenvalue weighted by Crippen LogP contribution is 2.35. The third kappa shape index (κ3) is 2.14. The molecule has 1 aliphatic rings. The number of nitrogen functional groups attached to an aromatic ring is 1. The molecule has 0 aliphatic carbocycles. The Morgan fingerprint density at radius 2 is 2.05 bits per heavy atom. The lowest BCUT2D eigenvalue weighted by Gasteiger charge is -2.07. The van der Waals surface area contributed by atoms with Gasteiger partial charge >= 0.3 is 5.69 Å². The van der Waals surface area contributed by atoms with Crippen molar-refractivity contribution in [3.8, 4) is 11.5 Å². The minimum atomic E-state index is -0.577. The van der Waals surface area contributed by atoms with Crippen molar-refractivity contribution < 1.29 is 14.4 Å². The van der Waals surface area contributed by atoms with Crippen molar-refractivity contribution in [1.29, 1.82) is 0 Å². The van der Waals surface area contributed by atoms with Gasteiger partial charge < -0.3 is 20.5 Å². The minimum Gasteiger partial charge on any atom is -0.454 e. The second-order valence-corrected chi connectivity index (χ2v) is 4.05. The van der Waals surface area contributed by atoms with Gasteiger partial charge in [-0.25, -0.2) is 4.98 Å². The standard InChI is InChI=1S/C12H10N4O4/c13-12-8(16(17)18)2-4-11(15-12)14-7-1-3-9-10(5-7)20-6-19-9/h1-5H,6H2,(H3,13,14,15).